The topological polar surface area (TPSA) is 80.6 Å². The molecule has 5 rings (SSSR count). The van der Waals surface area contributed by atoms with Gasteiger partial charge in [0, 0.05) is 38.1 Å². The van der Waals surface area contributed by atoms with Crippen molar-refractivity contribution in [2.75, 3.05) is 33.3 Å². The Bertz CT molecular complexity index is 1350. The second kappa shape index (κ2) is 8.93. The summed E-state index contributed by atoms with van der Waals surface area (Å²) in [5, 5.41) is 0. The minimum Gasteiger partial charge on any atom is -0.497 e. The van der Waals surface area contributed by atoms with E-state index in [0.717, 1.165) is 28.4 Å². The molecule has 9 heteroatoms. The lowest BCUT2D eigenvalue weighted by Crippen LogP contribution is -2.48. The number of pyridine rings is 1. The van der Waals surface area contributed by atoms with E-state index in [4.69, 9.17) is 9.72 Å². The Morgan fingerprint density at radius 1 is 0.909 bits per heavy atom. The van der Waals surface area contributed by atoms with E-state index in [1.54, 1.807) is 41.9 Å². The lowest BCUT2D eigenvalue weighted by Gasteiger charge is -2.33. The van der Waals surface area contributed by atoms with Gasteiger partial charge in [-0.2, -0.15) is 4.31 Å². The third-order valence-electron chi connectivity index (χ3n) is 5.89. The summed E-state index contributed by atoms with van der Waals surface area (Å²) in [7, 11) is -1.83. The van der Waals surface area contributed by atoms with Crippen LogP contribution in [0.3, 0.4) is 0 Å². The van der Waals surface area contributed by atoms with Crippen molar-refractivity contribution < 1.29 is 13.2 Å². The zero-order valence-corrected chi connectivity index (χ0v) is 19.1. The van der Waals surface area contributed by atoms with Gasteiger partial charge >= 0.3 is 0 Å². The Labute approximate surface area is 193 Å². The Hall–Kier alpha value is -3.27. The molecule has 1 aliphatic heterocycles. The third-order valence-corrected chi connectivity index (χ3v) is 7.81. The van der Waals surface area contributed by atoms with Crippen molar-refractivity contribution in [3.05, 3.63) is 78.8 Å². The van der Waals surface area contributed by atoms with Crippen LogP contribution in [0.15, 0.2) is 77.8 Å². The SMILES string of the molecule is COc1ccc(-n2c(CN3CCN(S(=O)(=O)c4ccccc4)CC3)nc3cccnc32)cc1. The second-order valence-electron chi connectivity index (χ2n) is 7.90. The summed E-state index contributed by atoms with van der Waals surface area (Å²) in [6, 6.07) is 20.3. The highest BCUT2D eigenvalue weighted by atomic mass is 32.2. The van der Waals surface area contributed by atoms with Crippen molar-refractivity contribution in [2.24, 2.45) is 0 Å². The smallest absolute Gasteiger partial charge is 0.243 e. The summed E-state index contributed by atoms with van der Waals surface area (Å²) in [6.45, 7) is 2.74. The third kappa shape index (κ3) is 4.22. The molecule has 0 radical (unpaired) electrons. The number of sulfonamides is 1. The van der Waals surface area contributed by atoms with Gasteiger partial charge in [0.25, 0.3) is 0 Å². The molecule has 1 fully saturated rings. The summed E-state index contributed by atoms with van der Waals surface area (Å²) in [6.07, 6.45) is 1.76. The van der Waals surface area contributed by atoms with E-state index in [1.807, 2.05) is 42.5 Å². The molecule has 1 aliphatic rings. The van der Waals surface area contributed by atoms with Crippen molar-refractivity contribution in [1.29, 1.82) is 0 Å². The number of rotatable bonds is 6. The van der Waals surface area contributed by atoms with Crippen LogP contribution >= 0.6 is 0 Å². The van der Waals surface area contributed by atoms with Crippen LogP contribution in [0.5, 0.6) is 5.75 Å². The van der Waals surface area contributed by atoms with Crippen LogP contribution in [0.1, 0.15) is 5.82 Å². The largest absolute Gasteiger partial charge is 0.497 e. The molecule has 8 nitrogen and oxygen atoms in total. The van der Waals surface area contributed by atoms with Gasteiger partial charge in [-0.1, -0.05) is 18.2 Å². The number of nitrogens with zero attached hydrogens (tertiary/aromatic N) is 5. The standard InChI is InChI=1S/C24H25N5O3S/c1-32-20-11-9-19(10-12-20)29-23(26-22-8-5-13-25-24(22)29)18-27-14-16-28(17-15-27)33(30,31)21-6-3-2-4-7-21/h2-13H,14-18H2,1H3. The number of benzene rings is 2. The molecular formula is C24H25N5O3S. The first kappa shape index (κ1) is 21.6. The van der Waals surface area contributed by atoms with Gasteiger partial charge in [0.15, 0.2) is 5.65 Å². The van der Waals surface area contributed by atoms with Crippen molar-refractivity contribution in [3.8, 4) is 11.4 Å². The van der Waals surface area contributed by atoms with Gasteiger partial charge in [-0.3, -0.25) is 9.47 Å². The zero-order chi connectivity index (χ0) is 22.8. The van der Waals surface area contributed by atoms with Crippen LogP contribution < -0.4 is 4.74 Å². The molecule has 2 aromatic heterocycles. The molecule has 1 saturated heterocycles. The molecular weight excluding hydrogens is 438 g/mol. The molecule has 0 atom stereocenters. The number of aromatic nitrogens is 3. The van der Waals surface area contributed by atoms with Gasteiger partial charge in [0.2, 0.25) is 10.0 Å². The number of ether oxygens (including phenoxy) is 1. The minimum atomic E-state index is -3.47. The quantitative estimate of drug-likeness (QED) is 0.437. The fourth-order valence-corrected chi connectivity index (χ4v) is 5.58. The Balaban J connectivity index is 1.37. The zero-order valence-electron chi connectivity index (χ0n) is 18.3. The normalized spacial score (nSPS) is 15.7. The molecule has 0 unspecified atom stereocenters. The van der Waals surface area contributed by atoms with Crippen LogP contribution in [0, 0.1) is 0 Å². The van der Waals surface area contributed by atoms with Gasteiger partial charge in [-0.05, 0) is 48.5 Å². The molecule has 0 amide bonds. The van der Waals surface area contributed by atoms with Gasteiger partial charge in [0.05, 0.1) is 18.6 Å². The fraction of sp³-hybridized carbons (Fsp3) is 0.250. The molecule has 3 heterocycles. The van der Waals surface area contributed by atoms with Gasteiger partial charge in [-0.15, -0.1) is 0 Å². The van der Waals surface area contributed by atoms with Crippen molar-refractivity contribution in [3.63, 3.8) is 0 Å². The number of methoxy groups -OCH3 is 1. The molecule has 2 aromatic carbocycles. The van der Waals surface area contributed by atoms with Crippen LogP contribution in [-0.2, 0) is 16.6 Å². The number of fused-ring (bicyclic) bond motifs is 1. The highest BCUT2D eigenvalue weighted by molar-refractivity contribution is 7.89. The Kier molecular flexibility index (Phi) is 5.84. The maximum Gasteiger partial charge on any atom is 0.243 e. The monoisotopic (exact) mass is 463 g/mol. The summed E-state index contributed by atoms with van der Waals surface area (Å²) in [5.74, 6) is 1.65. The fourth-order valence-electron chi connectivity index (χ4n) is 4.14. The van der Waals surface area contributed by atoms with E-state index in [1.165, 1.54) is 0 Å². The maximum absolute atomic E-state index is 12.9. The molecule has 0 saturated carbocycles. The van der Waals surface area contributed by atoms with E-state index in [2.05, 4.69) is 14.5 Å². The van der Waals surface area contributed by atoms with Crippen LogP contribution in [0.2, 0.25) is 0 Å². The number of hydrogen-bond donors (Lipinski definition) is 0. The minimum absolute atomic E-state index is 0.339. The highest BCUT2D eigenvalue weighted by Gasteiger charge is 2.29. The van der Waals surface area contributed by atoms with Gasteiger partial charge in [-0.25, -0.2) is 18.4 Å². The second-order valence-corrected chi connectivity index (χ2v) is 9.84. The average Bonchev–Trinajstić information content (AvgIpc) is 3.22. The molecule has 0 aliphatic carbocycles. The molecule has 170 valence electrons. The first-order valence-corrected chi connectivity index (χ1v) is 12.2. The predicted octanol–water partition coefficient (Wildman–Crippen LogP) is 2.94. The van der Waals surface area contributed by atoms with Crippen molar-refractivity contribution in [2.45, 2.75) is 11.4 Å². The molecule has 0 N–H and O–H groups in total. The van der Waals surface area contributed by atoms with Crippen molar-refractivity contribution in [1.82, 2.24) is 23.7 Å². The van der Waals surface area contributed by atoms with Gasteiger partial charge in [0.1, 0.15) is 17.1 Å². The first-order valence-electron chi connectivity index (χ1n) is 10.8. The first-order chi connectivity index (χ1) is 16.1. The van der Waals surface area contributed by atoms with E-state index < -0.39 is 10.0 Å². The number of hydrogen-bond acceptors (Lipinski definition) is 6. The molecule has 33 heavy (non-hydrogen) atoms. The highest BCUT2D eigenvalue weighted by Crippen LogP contribution is 2.24. The van der Waals surface area contributed by atoms with Gasteiger partial charge < -0.3 is 4.74 Å². The van der Waals surface area contributed by atoms with E-state index >= 15 is 0 Å². The van der Waals surface area contributed by atoms with E-state index in [9.17, 15) is 8.42 Å². The van der Waals surface area contributed by atoms with Crippen LogP contribution in [-0.4, -0.2) is 65.4 Å². The van der Waals surface area contributed by atoms with E-state index in [-0.39, 0.29) is 0 Å². The number of piperazine rings is 1. The maximum atomic E-state index is 12.9. The van der Waals surface area contributed by atoms with E-state index in [0.29, 0.717) is 37.6 Å². The van der Waals surface area contributed by atoms with Crippen LogP contribution in [0.4, 0.5) is 0 Å². The molecule has 0 spiro atoms. The Morgan fingerprint density at radius 3 is 2.33 bits per heavy atom. The lowest BCUT2D eigenvalue weighted by atomic mass is 10.3. The summed E-state index contributed by atoms with van der Waals surface area (Å²) in [5.41, 5.74) is 2.58. The lowest BCUT2D eigenvalue weighted by molar-refractivity contribution is 0.177. The van der Waals surface area contributed by atoms with Crippen LogP contribution in [0.25, 0.3) is 16.9 Å². The molecule has 4 aromatic rings. The van der Waals surface area contributed by atoms with Crippen molar-refractivity contribution >= 4 is 21.2 Å². The summed E-state index contributed by atoms with van der Waals surface area (Å²) >= 11 is 0. The predicted molar refractivity (Wildman–Crippen MR) is 126 cm³/mol. The number of imidazole rings is 1. The average molecular weight is 464 g/mol. The molecule has 0 bridgehead atoms. The summed E-state index contributed by atoms with van der Waals surface area (Å²) in [4.78, 5) is 12.0. The Morgan fingerprint density at radius 2 is 1.64 bits per heavy atom. The summed E-state index contributed by atoms with van der Waals surface area (Å²) < 4.78 is 34.8.